The molecule has 0 saturated carbocycles. The molecule has 148 valence electrons. The molecule has 2 N–H and O–H groups in total. The fourth-order valence-electron chi connectivity index (χ4n) is 2.86. The van der Waals surface area contributed by atoms with Crippen LogP contribution in [-0.2, 0) is 24.4 Å². The van der Waals surface area contributed by atoms with E-state index in [4.69, 9.17) is 9.47 Å². The standard InChI is InChI=1S/C23H20O6/c24-21(25)12-18-11-19(28-14-16-7-3-1-4-8-16)13-20(22(18)23(26)27)29-15-17-9-5-2-6-10-17/h1-11,13H,12,14-15H2,(H,24,25)(H,26,27). The molecule has 3 aromatic rings. The minimum absolute atomic E-state index is 0.0724. The normalized spacial score (nSPS) is 10.3. The lowest BCUT2D eigenvalue weighted by molar-refractivity contribution is -0.136. The van der Waals surface area contributed by atoms with E-state index in [9.17, 15) is 19.8 Å². The molecule has 0 saturated heterocycles. The van der Waals surface area contributed by atoms with Crippen LogP contribution in [0.15, 0.2) is 72.8 Å². The highest BCUT2D eigenvalue weighted by molar-refractivity contribution is 5.94. The second kappa shape index (κ2) is 9.41. The Hall–Kier alpha value is -3.80. The number of aliphatic carboxylic acids is 1. The molecule has 0 unspecified atom stereocenters. The fraction of sp³-hybridized carbons (Fsp3) is 0.130. The van der Waals surface area contributed by atoms with Crippen molar-refractivity contribution in [1.29, 1.82) is 0 Å². The minimum atomic E-state index is -1.25. The van der Waals surface area contributed by atoms with E-state index in [-0.39, 0.29) is 30.1 Å². The van der Waals surface area contributed by atoms with E-state index in [0.29, 0.717) is 5.75 Å². The van der Waals surface area contributed by atoms with Crippen LogP contribution < -0.4 is 9.47 Å². The lowest BCUT2D eigenvalue weighted by atomic mass is 10.0. The monoisotopic (exact) mass is 392 g/mol. The molecule has 0 atom stereocenters. The van der Waals surface area contributed by atoms with Crippen LogP contribution in [0.5, 0.6) is 11.5 Å². The van der Waals surface area contributed by atoms with Gasteiger partial charge in [0.2, 0.25) is 0 Å². The summed E-state index contributed by atoms with van der Waals surface area (Å²) in [5.41, 5.74) is 1.74. The number of rotatable bonds is 9. The van der Waals surface area contributed by atoms with Crippen LogP contribution >= 0.6 is 0 Å². The fourth-order valence-corrected chi connectivity index (χ4v) is 2.86. The number of benzene rings is 3. The Balaban J connectivity index is 1.91. The van der Waals surface area contributed by atoms with E-state index in [1.807, 2.05) is 60.7 Å². The second-order valence-electron chi connectivity index (χ2n) is 6.38. The van der Waals surface area contributed by atoms with Crippen LogP contribution in [0.25, 0.3) is 0 Å². The summed E-state index contributed by atoms with van der Waals surface area (Å²) in [5.74, 6) is -1.97. The summed E-state index contributed by atoms with van der Waals surface area (Å²) in [6, 6.07) is 21.7. The van der Waals surface area contributed by atoms with Crippen molar-refractivity contribution >= 4 is 11.9 Å². The van der Waals surface area contributed by atoms with Gasteiger partial charge >= 0.3 is 11.9 Å². The van der Waals surface area contributed by atoms with E-state index in [1.54, 1.807) is 0 Å². The lowest BCUT2D eigenvalue weighted by Gasteiger charge is -2.15. The Morgan fingerprint density at radius 1 is 0.759 bits per heavy atom. The van der Waals surface area contributed by atoms with Gasteiger partial charge in [-0.1, -0.05) is 60.7 Å². The Bertz CT molecular complexity index is 983. The first-order chi connectivity index (χ1) is 14.0. The molecule has 6 nitrogen and oxygen atoms in total. The first-order valence-electron chi connectivity index (χ1n) is 8.98. The van der Waals surface area contributed by atoms with Gasteiger partial charge in [0, 0.05) is 6.07 Å². The topological polar surface area (TPSA) is 93.1 Å². The Morgan fingerprint density at radius 2 is 1.31 bits per heavy atom. The SMILES string of the molecule is O=C(O)Cc1cc(OCc2ccccc2)cc(OCc2ccccc2)c1C(=O)O. The molecule has 0 aromatic heterocycles. The van der Waals surface area contributed by atoms with Gasteiger partial charge in [0.05, 0.1) is 6.42 Å². The van der Waals surface area contributed by atoms with Crippen molar-refractivity contribution in [1.82, 2.24) is 0 Å². The van der Waals surface area contributed by atoms with Crippen LogP contribution in [0.1, 0.15) is 27.0 Å². The summed E-state index contributed by atoms with van der Waals surface area (Å²) in [4.78, 5) is 23.1. The molecular weight excluding hydrogens is 372 g/mol. The van der Waals surface area contributed by atoms with Gasteiger partial charge in [-0.05, 0) is 22.8 Å². The molecule has 0 aliphatic carbocycles. The highest BCUT2D eigenvalue weighted by Crippen LogP contribution is 2.31. The number of carboxylic acids is 2. The zero-order valence-electron chi connectivity index (χ0n) is 15.6. The van der Waals surface area contributed by atoms with E-state index < -0.39 is 18.4 Å². The summed E-state index contributed by atoms with van der Waals surface area (Å²) in [6.45, 7) is 0.410. The van der Waals surface area contributed by atoms with E-state index in [1.165, 1.54) is 12.1 Å². The molecule has 6 heteroatoms. The van der Waals surface area contributed by atoms with Crippen molar-refractivity contribution in [2.75, 3.05) is 0 Å². The zero-order chi connectivity index (χ0) is 20.6. The Labute approximate surface area is 168 Å². The number of ether oxygens (including phenoxy) is 2. The van der Waals surface area contributed by atoms with Gasteiger partial charge in [-0.3, -0.25) is 4.79 Å². The highest BCUT2D eigenvalue weighted by Gasteiger charge is 2.21. The van der Waals surface area contributed by atoms with Gasteiger partial charge in [0.15, 0.2) is 0 Å². The third kappa shape index (κ3) is 5.59. The highest BCUT2D eigenvalue weighted by atomic mass is 16.5. The number of carbonyl (C=O) groups is 2. The molecule has 0 aliphatic heterocycles. The van der Waals surface area contributed by atoms with Crippen molar-refractivity contribution in [2.45, 2.75) is 19.6 Å². The second-order valence-corrected chi connectivity index (χ2v) is 6.38. The molecule has 0 aliphatic rings. The van der Waals surface area contributed by atoms with Gasteiger partial charge < -0.3 is 19.7 Å². The number of aromatic carboxylic acids is 1. The summed E-state index contributed by atoms with van der Waals surface area (Å²) in [5, 5.41) is 18.8. The van der Waals surface area contributed by atoms with Gasteiger partial charge in [-0.25, -0.2) is 4.79 Å². The van der Waals surface area contributed by atoms with Gasteiger partial charge in [-0.15, -0.1) is 0 Å². The summed E-state index contributed by atoms with van der Waals surface area (Å²) in [6.07, 6.45) is -0.453. The molecule has 0 radical (unpaired) electrons. The smallest absolute Gasteiger partial charge is 0.339 e. The van der Waals surface area contributed by atoms with Crippen LogP contribution in [0.2, 0.25) is 0 Å². The minimum Gasteiger partial charge on any atom is -0.489 e. The Morgan fingerprint density at radius 3 is 1.83 bits per heavy atom. The molecule has 29 heavy (non-hydrogen) atoms. The lowest BCUT2D eigenvalue weighted by Crippen LogP contribution is -2.11. The first-order valence-corrected chi connectivity index (χ1v) is 8.98. The van der Waals surface area contributed by atoms with Crippen molar-refractivity contribution in [3.8, 4) is 11.5 Å². The molecule has 3 aromatic carbocycles. The summed E-state index contributed by atoms with van der Waals surface area (Å²) < 4.78 is 11.5. The molecular formula is C23H20O6. The molecule has 0 amide bonds. The van der Waals surface area contributed by atoms with Gasteiger partial charge in [0.1, 0.15) is 30.3 Å². The first kappa shape index (κ1) is 19.9. The molecule has 0 fully saturated rings. The number of hydrogen-bond donors (Lipinski definition) is 2. The van der Waals surface area contributed by atoms with E-state index >= 15 is 0 Å². The molecule has 0 spiro atoms. The third-order valence-corrected chi connectivity index (χ3v) is 4.20. The maximum absolute atomic E-state index is 11.8. The Kier molecular flexibility index (Phi) is 6.47. The molecule has 3 rings (SSSR count). The van der Waals surface area contributed by atoms with E-state index in [0.717, 1.165) is 11.1 Å². The van der Waals surface area contributed by atoms with Crippen LogP contribution in [0.4, 0.5) is 0 Å². The maximum Gasteiger partial charge on any atom is 0.339 e. The van der Waals surface area contributed by atoms with Crippen LogP contribution in [0, 0.1) is 0 Å². The van der Waals surface area contributed by atoms with Crippen LogP contribution in [-0.4, -0.2) is 22.2 Å². The third-order valence-electron chi connectivity index (χ3n) is 4.20. The van der Waals surface area contributed by atoms with Gasteiger partial charge in [-0.2, -0.15) is 0 Å². The largest absolute Gasteiger partial charge is 0.489 e. The molecule has 0 bridgehead atoms. The number of carboxylic acid groups (broad SMARTS) is 2. The average molecular weight is 392 g/mol. The predicted molar refractivity (Wildman–Crippen MR) is 106 cm³/mol. The number of hydrogen-bond acceptors (Lipinski definition) is 4. The van der Waals surface area contributed by atoms with Crippen LogP contribution in [0.3, 0.4) is 0 Å². The predicted octanol–water partition coefficient (Wildman–Crippen LogP) is 4.17. The van der Waals surface area contributed by atoms with Gasteiger partial charge in [0.25, 0.3) is 0 Å². The quantitative estimate of drug-likeness (QED) is 0.568. The zero-order valence-corrected chi connectivity index (χ0v) is 15.6. The van der Waals surface area contributed by atoms with Crippen molar-refractivity contribution in [3.63, 3.8) is 0 Å². The molecule has 0 heterocycles. The van der Waals surface area contributed by atoms with E-state index in [2.05, 4.69) is 0 Å². The summed E-state index contributed by atoms with van der Waals surface area (Å²) >= 11 is 0. The van der Waals surface area contributed by atoms with Crippen molar-refractivity contribution in [3.05, 3.63) is 95.1 Å². The van der Waals surface area contributed by atoms with Crippen molar-refractivity contribution in [2.24, 2.45) is 0 Å². The average Bonchev–Trinajstić information content (AvgIpc) is 2.71. The van der Waals surface area contributed by atoms with Crippen molar-refractivity contribution < 1.29 is 29.3 Å². The summed E-state index contributed by atoms with van der Waals surface area (Å²) in [7, 11) is 0. The maximum atomic E-state index is 11.8.